The summed E-state index contributed by atoms with van der Waals surface area (Å²) in [6.07, 6.45) is -4.30. The molecule has 7 heteroatoms. The van der Waals surface area contributed by atoms with Crippen molar-refractivity contribution in [1.29, 1.82) is 0 Å². The molecule has 1 N–H and O–H groups in total. The SMILES string of the molecule is CCCN(C(C)=O)C1(C(=O)O)CCCC(C(F)(F)F)C1. The van der Waals surface area contributed by atoms with Gasteiger partial charge in [0.25, 0.3) is 0 Å². The molecule has 0 spiro atoms. The topological polar surface area (TPSA) is 57.6 Å². The van der Waals surface area contributed by atoms with Crippen molar-refractivity contribution in [2.45, 2.75) is 57.7 Å². The Kier molecular flexibility index (Phi) is 5.05. The molecule has 0 radical (unpaired) electrons. The average molecular weight is 295 g/mol. The zero-order valence-corrected chi connectivity index (χ0v) is 11.7. The van der Waals surface area contributed by atoms with Crippen molar-refractivity contribution < 1.29 is 27.9 Å². The second-order valence-corrected chi connectivity index (χ2v) is 5.34. The number of amides is 1. The molecule has 2 unspecified atom stereocenters. The molecule has 0 aromatic rings. The lowest BCUT2D eigenvalue weighted by Crippen LogP contribution is -2.60. The highest BCUT2D eigenvalue weighted by Crippen LogP contribution is 2.44. The zero-order chi connectivity index (χ0) is 15.6. The van der Waals surface area contributed by atoms with E-state index in [2.05, 4.69) is 0 Å². The minimum atomic E-state index is -4.42. The first-order chi connectivity index (χ1) is 9.15. The molecule has 116 valence electrons. The molecule has 0 saturated heterocycles. The monoisotopic (exact) mass is 295 g/mol. The number of aliphatic carboxylic acids is 1. The lowest BCUT2D eigenvalue weighted by Gasteiger charge is -2.45. The van der Waals surface area contributed by atoms with Gasteiger partial charge in [-0.25, -0.2) is 4.79 Å². The molecule has 20 heavy (non-hydrogen) atoms. The molecule has 1 aliphatic rings. The van der Waals surface area contributed by atoms with Crippen LogP contribution in [0, 0.1) is 5.92 Å². The summed E-state index contributed by atoms with van der Waals surface area (Å²) >= 11 is 0. The Morgan fingerprint density at radius 1 is 1.40 bits per heavy atom. The summed E-state index contributed by atoms with van der Waals surface area (Å²) in [5.74, 6) is -3.49. The minimum absolute atomic E-state index is 0.0730. The van der Waals surface area contributed by atoms with Crippen LogP contribution in [-0.4, -0.2) is 40.1 Å². The largest absolute Gasteiger partial charge is 0.479 e. The molecule has 2 atom stereocenters. The van der Waals surface area contributed by atoms with E-state index in [0.717, 1.165) is 4.90 Å². The molecule has 0 aliphatic heterocycles. The number of carbonyl (C=O) groups excluding carboxylic acids is 1. The number of rotatable bonds is 4. The van der Waals surface area contributed by atoms with E-state index in [-0.39, 0.29) is 25.8 Å². The number of halogens is 3. The van der Waals surface area contributed by atoms with Crippen molar-refractivity contribution >= 4 is 11.9 Å². The van der Waals surface area contributed by atoms with Crippen LogP contribution in [0.5, 0.6) is 0 Å². The van der Waals surface area contributed by atoms with Gasteiger partial charge in [0.2, 0.25) is 5.91 Å². The normalized spacial score (nSPS) is 27.1. The zero-order valence-electron chi connectivity index (χ0n) is 11.7. The molecular formula is C13H20F3NO3. The quantitative estimate of drug-likeness (QED) is 0.867. The summed E-state index contributed by atoms with van der Waals surface area (Å²) in [5, 5.41) is 9.46. The molecule has 1 amide bonds. The fraction of sp³-hybridized carbons (Fsp3) is 0.846. The van der Waals surface area contributed by atoms with Crippen LogP contribution in [0.25, 0.3) is 0 Å². The van der Waals surface area contributed by atoms with Gasteiger partial charge < -0.3 is 10.0 Å². The van der Waals surface area contributed by atoms with Crippen LogP contribution in [0.2, 0.25) is 0 Å². The van der Waals surface area contributed by atoms with Gasteiger partial charge in [-0.15, -0.1) is 0 Å². The lowest BCUT2D eigenvalue weighted by atomic mass is 9.74. The van der Waals surface area contributed by atoms with E-state index in [0.29, 0.717) is 6.42 Å². The summed E-state index contributed by atoms with van der Waals surface area (Å²) < 4.78 is 38.7. The van der Waals surface area contributed by atoms with Crippen molar-refractivity contribution in [3.8, 4) is 0 Å². The first-order valence-corrected chi connectivity index (χ1v) is 6.73. The van der Waals surface area contributed by atoms with Crippen LogP contribution < -0.4 is 0 Å². The third kappa shape index (κ3) is 3.24. The summed E-state index contributed by atoms with van der Waals surface area (Å²) in [7, 11) is 0. The smallest absolute Gasteiger partial charge is 0.391 e. The highest BCUT2D eigenvalue weighted by molar-refractivity contribution is 5.86. The van der Waals surface area contributed by atoms with E-state index in [1.54, 1.807) is 6.92 Å². The first kappa shape index (κ1) is 16.8. The molecule has 0 bridgehead atoms. The molecule has 4 nitrogen and oxygen atoms in total. The Labute approximate surface area is 115 Å². The van der Waals surface area contributed by atoms with Crippen molar-refractivity contribution in [3.63, 3.8) is 0 Å². The third-order valence-electron chi connectivity index (χ3n) is 3.93. The maximum Gasteiger partial charge on any atom is 0.391 e. The fourth-order valence-corrected chi connectivity index (χ4v) is 2.98. The predicted molar refractivity (Wildman–Crippen MR) is 66.1 cm³/mol. The first-order valence-electron chi connectivity index (χ1n) is 6.73. The molecule has 0 aromatic carbocycles. The summed E-state index contributed by atoms with van der Waals surface area (Å²) in [4.78, 5) is 24.4. The number of alkyl halides is 3. The van der Waals surface area contributed by atoms with Crippen molar-refractivity contribution in [2.24, 2.45) is 5.92 Å². The number of carbonyl (C=O) groups is 2. The number of carboxylic acids is 1. The Balaban J connectivity index is 3.14. The van der Waals surface area contributed by atoms with E-state index in [4.69, 9.17) is 0 Å². The van der Waals surface area contributed by atoms with E-state index in [1.807, 2.05) is 0 Å². The van der Waals surface area contributed by atoms with Gasteiger partial charge in [-0.1, -0.05) is 6.92 Å². The second kappa shape index (κ2) is 6.01. The molecule has 0 heterocycles. The second-order valence-electron chi connectivity index (χ2n) is 5.34. The van der Waals surface area contributed by atoms with Crippen LogP contribution in [0.3, 0.4) is 0 Å². The van der Waals surface area contributed by atoms with Crippen LogP contribution in [0.4, 0.5) is 13.2 Å². The average Bonchev–Trinajstić information content (AvgIpc) is 2.34. The van der Waals surface area contributed by atoms with E-state index in [9.17, 15) is 27.9 Å². The van der Waals surface area contributed by atoms with E-state index >= 15 is 0 Å². The summed E-state index contributed by atoms with van der Waals surface area (Å²) in [6, 6.07) is 0. The summed E-state index contributed by atoms with van der Waals surface area (Å²) in [6.45, 7) is 3.12. The van der Waals surface area contributed by atoms with Gasteiger partial charge in [0.1, 0.15) is 5.54 Å². The number of hydrogen-bond donors (Lipinski definition) is 1. The number of nitrogens with zero attached hydrogens (tertiary/aromatic N) is 1. The van der Waals surface area contributed by atoms with Gasteiger partial charge in [-0.3, -0.25) is 4.79 Å². The van der Waals surface area contributed by atoms with Gasteiger partial charge in [0.05, 0.1) is 5.92 Å². The Bertz CT molecular complexity index is 384. The molecule has 1 saturated carbocycles. The highest BCUT2D eigenvalue weighted by Gasteiger charge is 2.54. The fourth-order valence-electron chi connectivity index (χ4n) is 2.98. The van der Waals surface area contributed by atoms with Crippen molar-refractivity contribution in [1.82, 2.24) is 4.90 Å². The van der Waals surface area contributed by atoms with E-state index in [1.165, 1.54) is 6.92 Å². The minimum Gasteiger partial charge on any atom is -0.479 e. The Hall–Kier alpha value is -1.27. The third-order valence-corrected chi connectivity index (χ3v) is 3.93. The van der Waals surface area contributed by atoms with Crippen LogP contribution >= 0.6 is 0 Å². The predicted octanol–water partition coefficient (Wildman–Crippen LogP) is 2.82. The molecule has 1 aliphatic carbocycles. The van der Waals surface area contributed by atoms with E-state index < -0.39 is 35.9 Å². The molecule has 0 aromatic heterocycles. The van der Waals surface area contributed by atoms with Gasteiger partial charge in [0.15, 0.2) is 0 Å². The van der Waals surface area contributed by atoms with Gasteiger partial charge in [-0.2, -0.15) is 13.2 Å². The van der Waals surface area contributed by atoms with Crippen molar-refractivity contribution in [3.05, 3.63) is 0 Å². The van der Waals surface area contributed by atoms with Gasteiger partial charge in [-0.05, 0) is 32.1 Å². The Morgan fingerprint density at radius 2 is 2.00 bits per heavy atom. The van der Waals surface area contributed by atoms with Crippen LogP contribution in [0.15, 0.2) is 0 Å². The van der Waals surface area contributed by atoms with Gasteiger partial charge in [0, 0.05) is 13.5 Å². The molecular weight excluding hydrogens is 275 g/mol. The van der Waals surface area contributed by atoms with Gasteiger partial charge >= 0.3 is 12.1 Å². The Morgan fingerprint density at radius 3 is 2.40 bits per heavy atom. The molecule has 1 fully saturated rings. The lowest BCUT2D eigenvalue weighted by molar-refractivity contribution is -0.200. The standard InChI is InChI=1S/C13H20F3NO3/c1-3-7-17(9(2)18)12(11(19)20)6-4-5-10(8-12)13(14,15)16/h10H,3-8H2,1-2H3,(H,19,20). The molecule has 1 rings (SSSR count). The maximum atomic E-state index is 12.9. The highest BCUT2D eigenvalue weighted by atomic mass is 19.4. The maximum absolute atomic E-state index is 12.9. The summed E-state index contributed by atoms with van der Waals surface area (Å²) in [5.41, 5.74) is -1.72. The van der Waals surface area contributed by atoms with Crippen LogP contribution in [-0.2, 0) is 9.59 Å². The number of hydrogen-bond acceptors (Lipinski definition) is 2. The van der Waals surface area contributed by atoms with Crippen molar-refractivity contribution in [2.75, 3.05) is 6.54 Å². The van der Waals surface area contributed by atoms with Crippen LogP contribution in [0.1, 0.15) is 46.0 Å². The number of carboxylic acid groups (broad SMARTS) is 1.